The highest BCUT2D eigenvalue weighted by Gasteiger charge is 2.09. The third-order valence-corrected chi connectivity index (χ3v) is 5.28. The summed E-state index contributed by atoms with van der Waals surface area (Å²) in [5.74, 6) is 1.15. The Bertz CT molecular complexity index is 595. The topological polar surface area (TPSA) is 34.1 Å². The van der Waals surface area contributed by atoms with Crippen LogP contribution in [0.3, 0.4) is 0 Å². The van der Waals surface area contributed by atoms with Crippen LogP contribution in [-0.2, 0) is 0 Å². The second-order valence-corrected chi connectivity index (χ2v) is 7.29. The van der Waals surface area contributed by atoms with Crippen LogP contribution in [0, 0.1) is 0 Å². The van der Waals surface area contributed by atoms with Crippen LogP contribution in [0.1, 0.15) is 20.7 Å². The first-order valence-electron chi connectivity index (χ1n) is 6.41. The molecule has 0 fully saturated rings. The van der Waals surface area contributed by atoms with Gasteiger partial charge in [0.15, 0.2) is 0 Å². The predicted octanol–water partition coefficient (Wildman–Crippen LogP) is 5.44. The first-order chi connectivity index (χ1) is 10.6. The van der Waals surface area contributed by atoms with Crippen molar-refractivity contribution < 1.29 is 9.59 Å². The van der Waals surface area contributed by atoms with Crippen LogP contribution in [0.4, 0.5) is 0 Å². The summed E-state index contributed by atoms with van der Waals surface area (Å²) >= 11 is 14.0. The van der Waals surface area contributed by atoms with Crippen molar-refractivity contribution in [2.24, 2.45) is 0 Å². The average Bonchev–Trinajstić information content (AvgIpc) is 2.52. The molecule has 2 aromatic carbocycles. The molecule has 6 heteroatoms. The number of carbonyl (C=O) groups is 2. The molecule has 2 rings (SSSR count). The van der Waals surface area contributed by atoms with E-state index < -0.39 is 0 Å². The lowest BCUT2D eigenvalue weighted by molar-refractivity contribution is 0.108. The number of thioether (sulfide) groups is 2. The first kappa shape index (κ1) is 17.4. The Hall–Kier alpha value is -0.940. The monoisotopic (exact) mass is 370 g/mol. The molecule has 0 aliphatic carbocycles. The summed E-state index contributed by atoms with van der Waals surface area (Å²) in [5, 5.41) is 1.17. The lowest BCUT2D eigenvalue weighted by Gasteiger charge is -2.02. The highest BCUT2D eigenvalue weighted by Crippen LogP contribution is 2.19. The Morgan fingerprint density at radius 3 is 1.32 bits per heavy atom. The third kappa shape index (κ3) is 5.36. The molecule has 0 heterocycles. The van der Waals surface area contributed by atoms with Crippen molar-refractivity contribution in [1.29, 1.82) is 0 Å². The van der Waals surface area contributed by atoms with Gasteiger partial charge in [-0.3, -0.25) is 9.59 Å². The SMILES string of the molecule is O=C(SCCSC(=O)c1ccc(Cl)cc1)c1ccc(Cl)cc1. The molecule has 0 radical (unpaired) electrons. The molecular formula is C16H12Cl2O2S2. The van der Waals surface area contributed by atoms with Crippen LogP contribution in [-0.4, -0.2) is 21.7 Å². The van der Waals surface area contributed by atoms with Crippen LogP contribution in [0.2, 0.25) is 10.0 Å². The van der Waals surface area contributed by atoms with E-state index in [1.807, 2.05) is 0 Å². The minimum Gasteiger partial charge on any atom is -0.282 e. The zero-order valence-electron chi connectivity index (χ0n) is 11.4. The maximum atomic E-state index is 11.9. The van der Waals surface area contributed by atoms with Crippen LogP contribution >= 0.6 is 46.7 Å². The van der Waals surface area contributed by atoms with Crippen LogP contribution in [0.25, 0.3) is 0 Å². The Labute approximate surface area is 147 Å². The summed E-state index contributed by atoms with van der Waals surface area (Å²) in [5.41, 5.74) is 1.23. The predicted molar refractivity (Wildman–Crippen MR) is 96.5 cm³/mol. The zero-order valence-corrected chi connectivity index (χ0v) is 14.6. The first-order valence-corrected chi connectivity index (χ1v) is 9.14. The number of halogens is 2. The summed E-state index contributed by atoms with van der Waals surface area (Å²) in [6.45, 7) is 0. The van der Waals surface area contributed by atoms with E-state index in [-0.39, 0.29) is 10.2 Å². The molecular weight excluding hydrogens is 359 g/mol. The average molecular weight is 371 g/mol. The van der Waals surface area contributed by atoms with Gasteiger partial charge in [-0.2, -0.15) is 0 Å². The summed E-state index contributed by atoms with van der Waals surface area (Å²) in [6.07, 6.45) is 0. The normalized spacial score (nSPS) is 10.5. The van der Waals surface area contributed by atoms with E-state index >= 15 is 0 Å². The maximum absolute atomic E-state index is 11.9. The second kappa shape index (κ2) is 8.63. The molecule has 0 unspecified atom stereocenters. The highest BCUT2D eigenvalue weighted by atomic mass is 35.5. The number of benzene rings is 2. The fraction of sp³-hybridized carbons (Fsp3) is 0.125. The number of carbonyl (C=O) groups excluding carboxylic acids is 2. The Morgan fingerprint density at radius 1 is 0.682 bits per heavy atom. The van der Waals surface area contributed by atoms with Crippen LogP contribution in [0.15, 0.2) is 48.5 Å². The van der Waals surface area contributed by atoms with E-state index in [9.17, 15) is 9.59 Å². The van der Waals surface area contributed by atoms with Crippen LogP contribution in [0.5, 0.6) is 0 Å². The number of rotatable bonds is 5. The van der Waals surface area contributed by atoms with Gasteiger partial charge in [0.05, 0.1) is 0 Å². The molecule has 0 aromatic heterocycles. The second-order valence-electron chi connectivity index (χ2n) is 4.29. The molecule has 0 aliphatic heterocycles. The van der Waals surface area contributed by atoms with Gasteiger partial charge in [0.2, 0.25) is 10.2 Å². The molecule has 0 saturated carbocycles. The minimum atomic E-state index is -0.0174. The summed E-state index contributed by atoms with van der Waals surface area (Å²) in [4.78, 5) is 23.8. The van der Waals surface area contributed by atoms with Crippen molar-refractivity contribution in [1.82, 2.24) is 0 Å². The van der Waals surface area contributed by atoms with Gasteiger partial charge in [-0.15, -0.1) is 0 Å². The molecule has 0 spiro atoms. The van der Waals surface area contributed by atoms with Crippen molar-refractivity contribution in [2.75, 3.05) is 11.5 Å². The van der Waals surface area contributed by atoms with Gasteiger partial charge in [-0.05, 0) is 48.5 Å². The third-order valence-electron chi connectivity index (χ3n) is 2.71. The van der Waals surface area contributed by atoms with Crippen molar-refractivity contribution in [3.63, 3.8) is 0 Å². The van der Waals surface area contributed by atoms with Crippen molar-refractivity contribution >= 4 is 57.0 Å². The van der Waals surface area contributed by atoms with Gasteiger partial charge in [-0.1, -0.05) is 46.7 Å². The molecule has 2 aromatic rings. The number of hydrogen-bond donors (Lipinski definition) is 0. The Balaban J connectivity index is 1.74. The molecule has 0 amide bonds. The fourth-order valence-electron chi connectivity index (χ4n) is 1.61. The quantitative estimate of drug-likeness (QED) is 0.656. The molecule has 0 aliphatic rings. The van der Waals surface area contributed by atoms with Crippen molar-refractivity contribution in [2.45, 2.75) is 0 Å². The Morgan fingerprint density at radius 2 is 1.00 bits per heavy atom. The van der Waals surface area contributed by atoms with Gasteiger partial charge in [0.1, 0.15) is 0 Å². The van der Waals surface area contributed by atoms with E-state index in [2.05, 4.69) is 0 Å². The molecule has 0 saturated heterocycles. The molecule has 0 N–H and O–H groups in total. The highest BCUT2D eigenvalue weighted by molar-refractivity contribution is 8.17. The maximum Gasteiger partial charge on any atom is 0.219 e. The summed E-state index contributed by atoms with van der Waals surface area (Å²) < 4.78 is 0. The van der Waals surface area contributed by atoms with E-state index in [0.717, 1.165) is 0 Å². The number of hydrogen-bond acceptors (Lipinski definition) is 4. The smallest absolute Gasteiger partial charge is 0.219 e. The van der Waals surface area contributed by atoms with E-state index in [1.165, 1.54) is 23.5 Å². The summed E-state index contributed by atoms with van der Waals surface area (Å²) in [6, 6.07) is 13.5. The molecule has 0 atom stereocenters. The van der Waals surface area contributed by atoms with E-state index in [4.69, 9.17) is 23.2 Å². The molecule has 22 heavy (non-hydrogen) atoms. The minimum absolute atomic E-state index is 0.0174. The van der Waals surface area contributed by atoms with E-state index in [0.29, 0.717) is 32.7 Å². The molecule has 2 nitrogen and oxygen atoms in total. The summed E-state index contributed by atoms with van der Waals surface area (Å²) in [7, 11) is 0. The van der Waals surface area contributed by atoms with Gasteiger partial charge in [-0.25, -0.2) is 0 Å². The van der Waals surface area contributed by atoms with E-state index in [1.54, 1.807) is 48.5 Å². The van der Waals surface area contributed by atoms with Gasteiger partial charge >= 0.3 is 0 Å². The lowest BCUT2D eigenvalue weighted by atomic mass is 10.2. The van der Waals surface area contributed by atoms with Crippen molar-refractivity contribution in [3.8, 4) is 0 Å². The van der Waals surface area contributed by atoms with Crippen molar-refractivity contribution in [3.05, 3.63) is 69.7 Å². The van der Waals surface area contributed by atoms with Gasteiger partial charge < -0.3 is 0 Å². The molecule has 114 valence electrons. The Kier molecular flexibility index (Phi) is 6.83. The van der Waals surface area contributed by atoms with Gasteiger partial charge in [0, 0.05) is 32.7 Å². The lowest BCUT2D eigenvalue weighted by Crippen LogP contribution is -1.99. The molecule has 0 bridgehead atoms. The fourth-order valence-corrected chi connectivity index (χ4v) is 3.50. The standard InChI is InChI=1S/C16H12Cl2O2S2/c17-13-5-1-11(2-6-13)15(19)21-9-10-22-16(20)12-3-7-14(18)8-4-12/h1-8H,9-10H2. The zero-order chi connectivity index (χ0) is 15.9. The largest absolute Gasteiger partial charge is 0.282 e. The van der Waals surface area contributed by atoms with Crippen LogP contribution < -0.4 is 0 Å². The van der Waals surface area contributed by atoms with Gasteiger partial charge in [0.25, 0.3) is 0 Å².